The first-order valence-corrected chi connectivity index (χ1v) is 6.60. The zero-order valence-electron chi connectivity index (χ0n) is 10.9. The topological polar surface area (TPSA) is 9.23 Å². The molecular formula is C17H18O. The Hall–Kier alpha value is -1.76. The molecule has 1 aromatic carbocycles. The fourth-order valence-electron chi connectivity index (χ4n) is 2.22. The van der Waals surface area contributed by atoms with E-state index in [1.165, 1.54) is 21.6 Å². The van der Waals surface area contributed by atoms with Gasteiger partial charge in [-0.25, -0.2) is 0 Å². The summed E-state index contributed by atoms with van der Waals surface area (Å²) in [6, 6.07) is 15.2. The van der Waals surface area contributed by atoms with Crippen LogP contribution in [-0.2, 0) is 6.42 Å². The van der Waals surface area contributed by atoms with Crippen LogP contribution in [0.3, 0.4) is 0 Å². The minimum absolute atomic E-state index is 0.603. The number of hydrogen-bond acceptors (Lipinski definition) is 1. The summed E-state index contributed by atoms with van der Waals surface area (Å²) in [6.07, 6.45) is 0.974. The molecule has 1 nitrogen and oxygen atoms in total. The Morgan fingerprint density at radius 2 is 1.78 bits per heavy atom. The van der Waals surface area contributed by atoms with Crippen molar-refractivity contribution in [3.05, 3.63) is 64.0 Å². The molecule has 0 atom stereocenters. The summed E-state index contributed by atoms with van der Waals surface area (Å²) in [7, 11) is 0. The van der Waals surface area contributed by atoms with E-state index >= 15 is 0 Å². The molecule has 0 heterocycles. The Balaban J connectivity index is 1.53. The van der Waals surface area contributed by atoms with Gasteiger partial charge in [-0.15, -0.1) is 0 Å². The van der Waals surface area contributed by atoms with Crippen LogP contribution in [-0.4, -0.2) is 6.61 Å². The van der Waals surface area contributed by atoms with Crippen LogP contribution in [0.25, 0.3) is 0 Å². The van der Waals surface area contributed by atoms with Gasteiger partial charge < -0.3 is 4.74 Å². The summed E-state index contributed by atoms with van der Waals surface area (Å²) >= 11 is 0. The molecule has 1 heteroatoms. The van der Waals surface area contributed by atoms with Gasteiger partial charge in [-0.05, 0) is 28.3 Å². The van der Waals surface area contributed by atoms with Crippen LogP contribution in [0, 0.1) is 10.4 Å². The number of rotatable bonds is 5. The van der Waals surface area contributed by atoms with Gasteiger partial charge in [0.2, 0.25) is 0 Å². The lowest BCUT2D eigenvalue weighted by atomic mass is 10.0. The van der Waals surface area contributed by atoms with Crippen molar-refractivity contribution < 1.29 is 4.74 Å². The maximum absolute atomic E-state index is 5.75. The fraction of sp³-hybridized carbons (Fsp3) is 0.294. The van der Waals surface area contributed by atoms with Crippen LogP contribution in [0.1, 0.15) is 30.9 Å². The first-order chi connectivity index (χ1) is 8.74. The smallest absolute Gasteiger partial charge is 0.127 e. The largest absolute Gasteiger partial charge is 0.493 e. The summed E-state index contributed by atoms with van der Waals surface area (Å²) in [5.74, 6) is 1.66. The summed E-state index contributed by atoms with van der Waals surface area (Å²) in [4.78, 5) is 0. The third-order valence-corrected chi connectivity index (χ3v) is 3.59. The van der Waals surface area contributed by atoms with Crippen LogP contribution >= 0.6 is 0 Å². The third kappa shape index (κ3) is 2.01. The molecule has 2 aliphatic rings. The van der Waals surface area contributed by atoms with Gasteiger partial charge in [-0.1, -0.05) is 50.2 Å². The molecule has 0 saturated heterocycles. The highest BCUT2D eigenvalue weighted by atomic mass is 16.5. The molecule has 0 spiro atoms. The highest BCUT2D eigenvalue weighted by Gasteiger charge is 2.06. The lowest BCUT2D eigenvalue weighted by molar-refractivity contribution is 0.316. The maximum atomic E-state index is 5.75. The molecule has 92 valence electrons. The fourth-order valence-corrected chi connectivity index (χ4v) is 2.22. The van der Waals surface area contributed by atoms with Crippen LogP contribution in [0.4, 0.5) is 0 Å². The summed E-state index contributed by atoms with van der Waals surface area (Å²) < 4.78 is 5.75. The number of ether oxygens (including phenoxy) is 1. The minimum atomic E-state index is 0.603. The number of hydrogen-bond donors (Lipinski definition) is 0. The Morgan fingerprint density at radius 3 is 2.28 bits per heavy atom. The Morgan fingerprint density at radius 1 is 1.00 bits per heavy atom. The predicted molar refractivity (Wildman–Crippen MR) is 73.8 cm³/mol. The first-order valence-electron chi connectivity index (χ1n) is 6.60. The summed E-state index contributed by atoms with van der Waals surface area (Å²) in [6.45, 7) is 5.20. The maximum Gasteiger partial charge on any atom is 0.127 e. The molecule has 18 heavy (non-hydrogen) atoms. The second-order valence-electron chi connectivity index (χ2n) is 5.21. The molecule has 3 rings (SSSR count). The van der Waals surface area contributed by atoms with Gasteiger partial charge in [0.25, 0.3) is 0 Å². The second-order valence-corrected chi connectivity index (χ2v) is 5.21. The molecule has 0 aromatic heterocycles. The SMILES string of the molecule is CC(C)c1ccc(CCOc2cc3ccc2=3)cc1. The lowest BCUT2D eigenvalue weighted by Gasteiger charge is -2.13. The van der Waals surface area contributed by atoms with Crippen molar-refractivity contribution in [3.63, 3.8) is 0 Å². The van der Waals surface area contributed by atoms with E-state index in [4.69, 9.17) is 4.74 Å². The summed E-state index contributed by atoms with van der Waals surface area (Å²) in [5.41, 5.74) is 2.74. The van der Waals surface area contributed by atoms with Crippen molar-refractivity contribution in [3.8, 4) is 5.75 Å². The van der Waals surface area contributed by atoms with E-state index in [0.717, 1.165) is 18.8 Å². The predicted octanol–water partition coefficient (Wildman–Crippen LogP) is 4.03. The zero-order chi connectivity index (χ0) is 12.5. The van der Waals surface area contributed by atoms with Gasteiger partial charge in [0, 0.05) is 11.6 Å². The van der Waals surface area contributed by atoms with Gasteiger partial charge in [0.1, 0.15) is 5.75 Å². The Kier molecular flexibility index (Phi) is 2.83. The van der Waals surface area contributed by atoms with Gasteiger partial charge in [0.05, 0.1) is 6.61 Å². The normalized spacial score (nSPS) is 11.7. The van der Waals surface area contributed by atoms with E-state index in [1.54, 1.807) is 0 Å². The van der Waals surface area contributed by atoms with E-state index in [0.29, 0.717) is 5.92 Å². The molecule has 0 aliphatic heterocycles. The van der Waals surface area contributed by atoms with Crippen LogP contribution < -0.4 is 4.74 Å². The van der Waals surface area contributed by atoms with Crippen molar-refractivity contribution in [2.75, 3.05) is 6.61 Å². The van der Waals surface area contributed by atoms with E-state index in [2.05, 4.69) is 56.3 Å². The van der Waals surface area contributed by atoms with Crippen molar-refractivity contribution in [2.45, 2.75) is 26.2 Å². The zero-order valence-corrected chi connectivity index (χ0v) is 10.9. The Bertz CT molecular complexity index is 638. The average molecular weight is 238 g/mol. The standard InChI is InChI=1S/C17H18O/c1-12(2)14-5-3-13(4-6-14)9-10-18-17-11-15-7-8-16(15)17/h3-8,11-12H,9-10H2,1-2H3. The molecule has 0 bridgehead atoms. The highest BCUT2D eigenvalue weighted by Crippen LogP contribution is 2.24. The first kappa shape index (κ1) is 11.3. The highest BCUT2D eigenvalue weighted by molar-refractivity contribution is 5.38. The van der Waals surface area contributed by atoms with E-state index in [-0.39, 0.29) is 0 Å². The average Bonchev–Trinajstić information content (AvgIpc) is 2.35. The lowest BCUT2D eigenvalue weighted by Crippen LogP contribution is -2.04. The van der Waals surface area contributed by atoms with Crippen molar-refractivity contribution in [2.24, 2.45) is 0 Å². The Labute approximate surface area is 108 Å². The molecule has 0 N–H and O–H groups in total. The monoisotopic (exact) mass is 238 g/mol. The van der Waals surface area contributed by atoms with Crippen molar-refractivity contribution in [1.82, 2.24) is 0 Å². The van der Waals surface area contributed by atoms with Crippen LogP contribution in [0.5, 0.6) is 5.75 Å². The molecule has 2 aliphatic carbocycles. The van der Waals surface area contributed by atoms with Gasteiger partial charge >= 0.3 is 0 Å². The van der Waals surface area contributed by atoms with Crippen LogP contribution in [0.15, 0.2) is 42.5 Å². The quantitative estimate of drug-likeness (QED) is 0.652. The molecule has 0 unspecified atom stereocenters. The summed E-state index contributed by atoms with van der Waals surface area (Å²) in [5, 5.41) is 2.64. The number of benzene rings is 2. The molecular weight excluding hydrogens is 220 g/mol. The van der Waals surface area contributed by atoms with Gasteiger partial charge in [-0.2, -0.15) is 0 Å². The second kappa shape index (κ2) is 4.49. The van der Waals surface area contributed by atoms with E-state index < -0.39 is 0 Å². The molecule has 1 aromatic rings. The van der Waals surface area contributed by atoms with E-state index in [9.17, 15) is 0 Å². The van der Waals surface area contributed by atoms with E-state index in [1.807, 2.05) is 0 Å². The van der Waals surface area contributed by atoms with Gasteiger partial charge in [0.15, 0.2) is 0 Å². The van der Waals surface area contributed by atoms with Crippen LogP contribution in [0.2, 0.25) is 0 Å². The van der Waals surface area contributed by atoms with Gasteiger partial charge in [-0.3, -0.25) is 0 Å². The van der Waals surface area contributed by atoms with Crippen molar-refractivity contribution >= 4 is 0 Å². The molecule has 0 saturated carbocycles. The van der Waals surface area contributed by atoms with Crippen molar-refractivity contribution in [1.29, 1.82) is 0 Å². The molecule has 0 amide bonds. The third-order valence-electron chi connectivity index (χ3n) is 3.59. The minimum Gasteiger partial charge on any atom is -0.493 e. The molecule has 0 radical (unpaired) electrons. The molecule has 0 fully saturated rings.